The van der Waals surface area contributed by atoms with Crippen molar-refractivity contribution in [2.24, 2.45) is 0 Å². The largest absolute Gasteiger partial charge is 0.328 e. The minimum Gasteiger partial charge on any atom is -0.327 e. The SMILES string of the molecule is O=S(=O)(O)c1nc2ccc(S(=O)(=O)Nc3ccccc3Cl)cc2[nH]1. The highest BCUT2D eigenvalue weighted by molar-refractivity contribution is 7.92. The molecule has 3 N–H and O–H groups in total. The van der Waals surface area contributed by atoms with E-state index in [1.165, 1.54) is 30.3 Å². The number of nitrogens with one attached hydrogen (secondary N) is 2. The molecule has 0 atom stereocenters. The van der Waals surface area contributed by atoms with Gasteiger partial charge in [-0.2, -0.15) is 8.42 Å². The number of hydrogen-bond donors (Lipinski definition) is 3. The van der Waals surface area contributed by atoms with Crippen LogP contribution >= 0.6 is 11.6 Å². The highest BCUT2D eigenvalue weighted by Crippen LogP contribution is 2.25. The van der Waals surface area contributed by atoms with Crippen LogP contribution in [0.5, 0.6) is 0 Å². The zero-order valence-electron chi connectivity index (χ0n) is 11.8. The molecule has 24 heavy (non-hydrogen) atoms. The Hall–Kier alpha value is -2.14. The van der Waals surface area contributed by atoms with E-state index >= 15 is 0 Å². The van der Waals surface area contributed by atoms with Crippen molar-refractivity contribution in [3.8, 4) is 0 Å². The number of halogens is 1. The fraction of sp³-hybridized carbons (Fsp3) is 0. The Morgan fingerprint density at radius 2 is 1.79 bits per heavy atom. The first-order valence-electron chi connectivity index (χ1n) is 6.41. The van der Waals surface area contributed by atoms with Crippen molar-refractivity contribution in [3.05, 3.63) is 47.5 Å². The van der Waals surface area contributed by atoms with Crippen LogP contribution in [0.15, 0.2) is 52.5 Å². The average Bonchev–Trinajstić information content (AvgIpc) is 2.93. The van der Waals surface area contributed by atoms with E-state index in [9.17, 15) is 16.8 Å². The van der Waals surface area contributed by atoms with E-state index in [0.29, 0.717) is 0 Å². The number of hydrogen-bond acceptors (Lipinski definition) is 5. The van der Waals surface area contributed by atoms with E-state index in [4.69, 9.17) is 16.2 Å². The average molecular weight is 388 g/mol. The molecule has 0 aliphatic rings. The number of anilines is 1. The molecule has 0 saturated carbocycles. The molecule has 3 rings (SSSR count). The summed E-state index contributed by atoms with van der Waals surface area (Å²) in [4.78, 5) is 5.91. The lowest BCUT2D eigenvalue weighted by Gasteiger charge is -2.09. The summed E-state index contributed by atoms with van der Waals surface area (Å²) < 4.78 is 58.3. The van der Waals surface area contributed by atoms with Gasteiger partial charge in [-0.3, -0.25) is 9.27 Å². The summed E-state index contributed by atoms with van der Waals surface area (Å²) in [7, 11) is -8.46. The highest BCUT2D eigenvalue weighted by atomic mass is 35.5. The van der Waals surface area contributed by atoms with Crippen LogP contribution in [-0.2, 0) is 20.1 Å². The van der Waals surface area contributed by atoms with Crippen LogP contribution in [0.3, 0.4) is 0 Å². The minimum absolute atomic E-state index is 0.125. The lowest BCUT2D eigenvalue weighted by Crippen LogP contribution is -2.13. The first-order chi connectivity index (χ1) is 11.2. The Labute approximate surface area is 142 Å². The van der Waals surface area contributed by atoms with Crippen molar-refractivity contribution in [2.45, 2.75) is 10.1 Å². The van der Waals surface area contributed by atoms with Crippen LogP contribution < -0.4 is 4.72 Å². The summed E-state index contributed by atoms with van der Waals surface area (Å²) >= 11 is 5.93. The number of aromatic nitrogens is 2. The van der Waals surface area contributed by atoms with E-state index in [1.54, 1.807) is 12.1 Å². The number of H-pyrrole nitrogens is 1. The lowest BCUT2D eigenvalue weighted by atomic mass is 10.3. The number of rotatable bonds is 4. The van der Waals surface area contributed by atoms with Crippen LogP contribution in [0.2, 0.25) is 5.02 Å². The number of imidazole rings is 1. The van der Waals surface area contributed by atoms with Crippen LogP contribution in [0.4, 0.5) is 5.69 Å². The van der Waals surface area contributed by atoms with Gasteiger partial charge < -0.3 is 4.98 Å². The second-order valence-corrected chi connectivity index (χ2v) is 8.21. The Kier molecular flexibility index (Phi) is 4.00. The molecular weight excluding hydrogens is 378 g/mol. The molecule has 1 aromatic heterocycles. The van der Waals surface area contributed by atoms with E-state index in [-0.39, 0.29) is 26.6 Å². The summed E-state index contributed by atoms with van der Waals surface area (Å²) in [5, 5.41) is -0.427. The van der Waals surface area contributed by atoms with Crippen LogP contribution in [0.1, 0.15) is 0 Å². The summed E-state index contributed by atoms with van der Waals surface area (Å²) in [5.74, 6) is 0. The Morgan fingerprint density at radius 1 is 1.08 bits per heavy atom. The third kappa shape index (κ3) is 3.22. The quantitative estimate of drug-likeness (QED) is 0.589. The molecule has 0 unspecified atom stereocenters. The summed E-state index contributed by atoms with van der Waals surface area (Å²) in [5.41, 5.74) is 0.548. The second-order valence-electron chi connectivity index (χ2n) is 4.78. The van der Waals surface area contributed by atoms with Gasteiger partial charge in [0.25, 0.3) is 15.2 Å². The molecule has 0 aliphatic carbocycles. The topological polar surface area (TPSA) is 129 Å². The number of para-hydroxylation sites is 1. The number of aromatic amines is 1. The molecule has 0 radical (unpaired) electrons. The molecule has 1 heterocycles. The molecule has 0 saturated heterocycles. The standard InChI is InChI=1S/C13H10ClN3O5S2/c14-9-3-1-2-4-10(9)17-23(18,19)8-5-6-11-12(7-8)16-13(15-11)24(20,21)22/h1-7,17H,(H,15,16)(H,20,21,22). The van der Waals surface area contributed by atoms with Crippen LogP contribution in [-0.4, -0.2) is 31.4 Å². The molecule has 0 amide bonds. The Balaban J connectivity index is 2.03. The van der Waals surface area contributed by atoms with Crippen molar-refractivity contribution in [1.82, 2.24) is 9.97 Å². The maximum atomic E-state index is 12.4. The molecule has 0 aliphatic heterocycles. The molecule has 11 heteroatoms. The molecule has 8 nitrogen and oxygen atoms in total. The van der Waals surface area contributed by atoms with E-state index < -0.39 is 25.3 Å². The smallest absolute Gasteiger partial charge is 0.327 e. The van der Waals surface area contributed by atoms with Gasteiger partial charge in [-0.1, -0.05) is 23.7 Å². The number of benzene rings is 2. The third-order valence-corrected chi connectivity index (χ3v) is 5.48. The van der Waals surface area contributed by atoms with Crippen molar-refractivity contribution < 1.29 is 21.4 Å². The maximum absolute atomic E-state index is 12.4. The monoisotopic (exact) mass is 387 g/mol. The normalized spacial score (nSPS) is 12.4. The molecule has 3 aromatic rings. The number of sulfonamides is 1. The third-order valence-electron chi connectivity index (χ3n) is 3.10. The fourth-order valence-electron chi connectivity index (χ4n) is 2.00. The van der Waals surface area contributed by atoms with Gasteiger partial charge in [0.15, 0.2) is 0 Å². The second kappa shape index (κ2) is 5.74. The van der Waals surface area contributed by atoms with Gasteiger partial charge in [-0.25, -0.2) is 13.4 Å². The molecule has 2 aromatic carbocycles. The van der Waals surface area contributed by atoms with Gasteiger partial charge in [0, 0.05) is 0 Å². The molecule has 0 fully saturated rings. The minimum atomic E-state index is -4.52. The van der Waals surface area contributed by atoms with Gasteiger partial charge in [0.2, 0.25) is 0 Å². The summed E-state index contributed by atoms with van der Waals surface area (Å²) in [6, 6.07) is 10.1. The van der Waals surface area contributed by atoms with E-state index in [2.05, 4.69) is 14.7 Å². The molecule has 0 bridgehead atoms. The maximum Gasteiger partial charge on any atom is 0.328 e. The Morgan fingerprint density at radius 3 is 2.46 bits per heavy atom. The molecule has 126 valence electrons. The van der Waals surface area contributed by atoms with E-state index in [0.717, 1.165) is 0 Å². The Bertz CT molecular complexity index is 1140. The van der Waals surface area contributed by atoms with Crippen molar-refractivity contribution >= 4 is 48.5 Å². The summed E-state index contributed by atoms with van der Waals surface area (Å²) in [6.07, 6.45) is 0. The van der Waals surface area contributed by atoms with E-state index in [1.807, 2.05) is 0 Å². The summed E-state index contributed by atoms with van der Waals surface area (Å²) in [6.45, 7) is 0. The molecule has 0 spiro atoms. The predicted octanol–water partition coefficient (Wildman–Crippen LogP) is 2.26. The fourth-order valence-corrected chi connectivity index (χ4v) is 3.80. The first kappa shape index (κ1) is 16.7. The van der Waals surface area contributed by atoms with Gasteiger partial charge in [-0.05, 0) is 30.3 Å². The van der Waals surface area contributed by atoms with Gasteiger partial charge in [0.1, 0.15) is 0 Å². The van der Waals surface area contributed by atoms with Gasteiger partial charge in [0.05, 0.1) is 26.6 Å². The van der Waals surface area contributed by atoms with Crippen molar-refractivity contribution in [2.75, 3.05) is 4.72 Å². The van der Waals surface area contributed by atoms with Crippen LogP contribution in [0.25, 0.3) is 11.0 Å². The zero-order valence-corrected chi connectivity index (χ0v) is 14.2. The number of fused-ring (bicyclic) bond motifs is 1. The van der Waals surface area contributed by atoms with Gasteiger partial charge in [-0.15, -0.1) is 0 Å². The predicted molar refractivity (Wildman–Crippen MR) is 88.2 cm³/mol. The highest BCUT2D eigenvalue weighted by Gasteiger charge is 2.19. The van der Waals surface area contributed by atoms with Crippen LogP contribution in [0, 0.1) is 0 Å². The van der Waals surface area contributed by atoms with Crippen molar-refractivity contribution in [1.29, 1.82) is 0 Å². The zero-order chi connectivity index (χ0) is 17.5. The first-order valence-corrected chi connectivity index (χ1v) is 9.71. The number of nitrogens with zero attached hydrogens (tertiary/aromatic N) is 1. The van der Waals surface area contributed by atoms with Crippen molar-refractivity contribution in [3.63, 3.8) is 0 Å². The lowest BCUT2D eigenvalue weighted by molar-refractivity contribution is 0.476. The molecular formula is C13H10ClN3O5S2. The van der Waals surface area contributed by atoms with Gasteiger partial charge >= 0.3 is 10.1 Å².